The van der Waals surface area contributed by atoms with Crippen molar-refractivity contribution in [2.45, 2.75) is 25.9 Å². The summed E-state index contributed by atoms with van der Waals surface area (Å²) < 4.78 is 7.59. The van der Waals surface area contributed by atoms with Gasteiger partial charge in [0.2, 0.25) is 5.91 Å². The third-order valence-corrected chi connectivity index (χ3v) is 4.51. The Balaban J connectivity index is 1.63. The average Bonchev–Trinajstić information content (AvgIpc) is 2.93. The second kappa shape index (κ2) is 7.81. The fraction of sp³-hybridized carbons (Fsp3) is 0.526. The smallest absolute Gasteiger partial charge is 0.222 e. The molecule has 0 atom stereocenters. The maximum absolute atomic E-state index is 12.3. The van der Waals surface area contributed by atoms with Crippen molar-refractivity contribution in [1.29, 1.82) is 0 Å². The molecule has 2 heterocycles. The van der Waals surface area contributed by atoms with Crippen LogP contribution >= 0.6 is 0 Å². The van der Waals surface area contributed by atoms with Crippen molar-refractivity contribution in [3.63, 3.8) is 0 Å². The van der Waals surface area contributed by atoms with E-state index < -0.39 is 0 Å². The lowest BCUT2D eigenvalue weighted by molar-refractivity contribution is -0.135. The molecule has 1 aliphatic heterocycles. The molecule has 1 fully saturated rings. The number of ether oxygens (including phenoxy) is 1. The highest BCUT2D eigenvalue weighted by Gasteiger charge is 2.16. The predicted octanol–water partition coefficient (Wildman–Crippen LogP) is 2.34. The van der Waals surface area contributed by atoms with Crippen molar-refractivity contribution in [3.05, 3.63) is 36.0 Å². The molecule has 0 aliphatic carbocycles. The maximum Gasteiger partial charge on any atom is 0.222 e. The molecule has 130 valence electrons. The lowest BCUT2D eigenvalue weighted by Crippen LogP contribution is -2.40. The Morgan fingerprint density at radius 1 is 1.21 bits per heavy atom. The zero-order chi connectivity index (χ0) is 16.9. The zero-order valence-electron chi connectivity index (χ0n) is 14.7. The molecule has 1 aromatic carbocycles. The Bertz CT molecular complexity index is 687. The molecule has 2 aromatic rings. The Morgan fingerprint density at radius 2 is 1.96 bits per heavy atom. The van der Waals surface area contributed by atoms with Gasteiger partial charge in [-0.25, -0.2) is 0 Å². The Morgan fingerprint density at radius 3 is 2.71 bits per heavy atom. The molecule has 0 radical (unpaired) electrons. The average molecular weight is 329 g/mol. The largest absolute Gasteiger partial charge is 0.378 e. The van der Waals surface area contributed by atoms with Crippen molar-refractivity contribution in [1.82, 2.24) is 14.4 Å². The van der Waals surface area contributed by atoms with Gasteiger partial charge in [0.05, 0.1) is 19.9 Å². The summed E-state index contributed by atoms with van der Waals surface area (Å²) in [6.45, 7) is 3.68. The molecule has 0 saturated carbocycles. The summed E-state index contributed by atoms with van der Waals surface area (Å²) in [4.78, 5) is 16.4. The predicted molar refractivity (Wildman–Crippen MR) is 96.0 cm³/mol. The van der Waals surface area contributed by atoms with Crippen LogP contribution in [0.25, 0.3) is 10.9 Å². The molecular weight excluding hydrogens is 302 g/mol. The van der Waals surface area contributed by atoms with Crippen LogP contribution in [0.3, 0.4) is 0 Å². The SMILES string of the molecule is CN(C)Cn1cc(CCCC(=O)N2CCOCC2)c2ccccc21. The number of carbonyl (C=O) groups is 1. The van der Waals surface area contributed by atoms with E-state index in [2.05, 4.69) is 54.0 Å². The van der Waals surface area contributed by atoms with E-state index in [1.165, 1.54) is 16.5 Å². The number of fused-ring (bicyclic) bond motifs is 1. The molecule has 1 saturated heterocycles. The highest BCUT2D eigenvalue weighted by Crippen LogP contribution is 2.23. The van der Waals surface area contributed by atoms with Crippen molar-refractivity contribution >= 4 is 16.8 Å². The van der Waals surface area contributed by atoms with Gasteiger partial charge in [-0.2, -0.15) is 0 Å². The van der Waals surface area contributed by atoms with Crippen LogP contribution in [-0.2, 0) is 22.6 Å². The molecule has 0 bridgehead atoms. The highest BCUT2D eigenvalue weighted by molar-refractivity contribution is 5.84. The van der Waals surface area contributed by atoms with E-state index in [4.69, 9.17) is 4.74 Å². The van der Waals surface area contributed by atoms with Crippen molar-refractivity contribution in [3.8, 4) is 0 Å². The molecule has 0 unspecified atom stereocenters. The van der Waals surface area contributed by atoms with Gasteiger partial charge in [-0.05, 0) is 38.6 Å². The van der Waals surface area contributed by atoms with Crippen LogP contribution in [0.2, 0.25) is 0 Å². The Hall–Kier alpha value is -1.85. The first-order valence-corrected chi connectivity index (χ1v) is 8.72. The molecule has 1 amide bonds. The van der Waals surface area contributed by atoms with Gasteiger partial charge in [-0.15, -0.1) is 0 Å². The van der Waals surface area contributed by atoms with Crippen LogP contribution in [-0.4, -0.2) is 60.7 Å². The third-order valence-electron chi connectivity index (χ3n) is 4.51. The summed E-state index contributed by atoms with van der Waals surface area (Å²) in [7, 11) is 4.16. The molecule has 5 heteroatoms. The fourth-order valence-electron chi connectivity index (χ4n) is 3.34. The second-order valence-electron chi connectivity index (χ2n) is 6.71. The molecule has 0 spiro atoms. The van der Waals surface area contributed by atoms with Gasteiger partial charge in [-0.1, -0.05) is 18.2 Å². The first-order valence-electron chi connectivity index (χ1n) is 8.72. The van der Waals surface area contributed by atoms with Crippen LogP contribution in [0.5, 0.6) is 0 Å². The zero-order valence-corrected chi connectivity index (χ0v) is 14.7. The molecule has 5 nitrogen and oxygen atoms in total. The number of morpholine rings is 1. The molecule has 24 heavy (non-hydrogen) atoms. The van der Waals surface area contributed by atoms with Gasteiger partial charge in [0.1, 0.15) is 0 Å². The third kappa shape index (κ3) is 3.97. The summed E-state index contributed by atoms with van der Waals surface area (Å²) >= 11 is 0. The number of rotatable bonds is 6. The van der Waals surface area contributed by atoms with E-state index >= 15 is 0 Å². The molecule has 1 aliphatic rings. The van der Waals surface area contributed by atoms with Crippen LogP contribution in [0.1, 0.15) is 18.4 Å². The number of amides is 1. The van der Waals surface area contributed by atoms with Gasteiger partial charge in [0.25, 0.3) is 0 Å². The number of nitrogens with zero attached hydrogens (tertiary/aromatic N) is 3. The molecule has 1 aromatic heterocycles. The number of carbonyl (C=O) groups excluding carboxylic acids is 1. The van der Waals surface area contributed by atoms with E-state index in [-0.39, 0.29) is 5.91 Å². The lowest BCUT2D eigenvalue weighted by Gasteiger charge is -2.26. The van der Waals surface area contributed by atoms with Crippen LogP contribution in [0.4, 0.5) is 0 Å². The van der Waals surface area contributed by atoms with Crippen molar-refractivity contribution in [2.75, 3.05) is 40.4 Å². The summed E-state index contributed by atoms with van der Waals surface area (Å²) in [6.07, 6.45) is 4.69. The van der Waals surface area contributed by atoms with E-state index in [1.807, 2.05) is 4.90 Å². The highest BCUT2D eigenvalue weighted by atomic mass is 16.5. The number of hydrogen-bond acceptors (Lipinski definition) is 3. The molecular formula is C19H27N3O2. The van der Waals surface area contributed by atoms with E-state index in [0.29, 0.717) is 19.6 Å². The van der Waals surface area contributed by atoms with Crippen LogP contribution in [0.15, 0.2) is 30.5 Å². The van der Waals surface area contributed by atoms with Gasteiger partial charge >= 0.3 is 0 Å². The van der Waals surface area contributed by atoms with Gasteiger partial charge in [0.15, 0.2) is 0 Å². The maximum atomic E-state index is 12.3. The first-order chi connectivity index (χ1) is 11.6. The number of benzene rings is 1. The number of aromatic nitrogens is 1. The van der Waals surface area contributed by atoms with Gasteiger partial charge < -0.3 is 14.2 Å². The minimum absolute atomic E-state index is 0.260. The topological polar surface area (TPSA) is 37.7 Å². The minimum atomic E-state index is 0.260. The van der Waals surface area contributed by atoms with Crippen molar-refractivity contribution < 1.29 is 9.53 Å². The van der Waals surface area contributed by atoms with Crippen molar-refractivity contribution in [2.24, 2.45) is 0 Å². The Kier molecular flexibility index (Phi) is 5.53. The minimum Gasteiger partial charge on any atom is -0.378 e. The standard InChI is InChI=1S/C19H27N3O2/c1-20(2)15-22-14-16(17-7-3-4-8-18(17)22)6-5-9-19(23)21-10-12-24-13-11-21/h3-4,7-8,14H,5-6,9-13,15H2,1-2H3. The number of aryl methyl sites for hydroxylation is 1. The quantitative estimate of drug-likeness (QED) is 0.816. The summed E-state index contributed by atoms with van der Waals surface area (Å²) in [5.74, 6) is 0.260. The second-order valence-corrected chi connectivity index (χ2v) is 6.71. The molecule has 3 rings (SSSR count). The summed E-state index contributed by atoms with van der Waals surface area (Å²) in [6, 6.07) is 8.52. The van der Waals surface area contributed by atoms with Gasteiger partial charge in [-0.3, -0.25) is 9.69 Å². The fourth-order valence-corrected chi connectivity index (χ4v) is 3.34. The lowest BCUT2D eigenvalue weighted by atomic mass is 10.1. The first kappa shape index (κ1) is 17.0. The number of para-hydroxylation sites is 1. The monoisotopic (exact) mass is 329 g/mol. The summed E-state index contributed by atoms with van der Waals surface area (Å²) in [5, 5.41) is 1.30. The normalized spacial score (nSPS) is 15.4. The number of hydrogen-bond donors (Lipinski definition) is 0. The van der Waals surface area contributed by atoms with E-state index in [9.17, 15) is 4.79 Å². The summed E-state index contributed by atoms with van der Waals surface area (Å²) in [5.41, 5.74) is 2.60. The van der Waals surface area contributed by atoms with E-state index in [1.54, 1.807) is 0 Å². The Labute approximate surface area is 143 Å². The van der Waals surface area contributed by atoms with E-state index in [0.717, 1.165) is 32.6 Å². The van der Waals surface area contributed by atoms with Crippen LogP contribution in [0, 0.1) is 0 Å². The molecule has 0 N–H and O–H groups in total. The van der Waals surface area contributed by atoms with Gasteiger partial charge in [0, 0.05) is 36.6 Å². The van der Waals surface area contributed by atoms with Crippen LogP contribution < -0.4 is 0 Å².